The van der Waals surface area contributed by atoms with Gasteiger partial charge in [0, 0.05) is 46.6 Å². The third kappa shape index (κ3) is 2.98. The molecule has 0 radical (unpaired) electrons. The summed E-state index contributed by atoms with van der Waals surface area (Å²) in [5.74, 6) is 0.367. The summed E-state index contributed by atoms with van der Waals surface area (Å²) in [7, 11) is 0. The Morgan fingerprint density at radius 1 is 1.12 bits per heavy atom. The molecule has 0 bridgehead atoms. The molecule has 0 amide bonds. The molecule has 0 spiro atoms. The third-order valence-electron chi connectivity index (χ3n) is 6.20. The van der Waals surface area contributed by atoms with E-state index >= 15 is 0 Å². The van der Waals surface area contributed by atoms with Gasteiger partial charge in [-0.25, -0.2) is 4.39 Å². The van der Waals surface area contributed by atoms with E-state index in [2.05, 4.69) is 20.5 Å². The Bertz CT molecular complexity index is 1370. The number of fused-ring (bicyclic) bond motifs is 4. The number of nitrogens with two attached hydrogens (primary N) is 1. The lowest BCUT2D eigenvalue weighted by atomic mass is 9.88. The van der Waals surface area contributed by atoms with Gasteiger partial charge < -0.3 is 20.5 Å². The van der Waals surface area contributed by atoms with Crippen LogP contribution in [0.4, 0.5) is 10.1 Å². The van der Waals surface area contributed by atoms with Crippen LogP contribution in [0.3, 0.4) is 0 Å². The topological polar surface area (TPSA) is 98.1 Å². The van der Waals surface area contributed by atoms with Crippen LogP contribution in [0.25, 0.3) is 27.4 Å². The standard InChI is InChI=1S/C24H22FN5O2/c25-18-4-3-14(17-11-29-30-23(17)18)21-16-10-20(32-13-5-8-31-9-6-13)24-15(2-1-7-27-24)22(16)28-12-19(21)26/h1-4,7,10-11,13,28H,5-6,8-9,12,26H2,(H,29,30). The molecule has 4 heterocycles. The number of benzene rings is 2. The van der Waals surface area contributed by atoms with Gasteiger partial charge in [0.15, 0.2) is 0 Å². The zero-order chi connectivity index (χ0) is 21.7. The minimum atomic E-state index is -0.346. The Hall–Kier alpha value is -3.65. The number of aromatic amines is 1. The van der Waals surface area contributed by atoms with E-state index in [0.29, 0.717) is 42.1 Å². The van der Waals surface area contributed by atoms with Crippen LogP contribution in [0.15, 0.2) is 48.4 Å². The van der Waals surface area contributed by atoms with Crippen molar-refractivity contribution in [3.8, 4) is 5.75 Å². The lowest BCUT2D eigenvalue weighted by Crippen LogP contribution is -2.26. The number of hydrogen-bond acceptors (Lipinski definition) is 6. The number of halogens is 1. The summed E-state index contributed by atoms with van der Waals surface area (Å²) in [5, 5.41) is 11.9. The van der Waals surface area contributed by atoms with Crippen LogP contribution in [0, 0.1) is 5.82 Å². The van der Waals surface area contributed by atoms with Crippen LogP contribution in [-0.2, 0) is 4.74 Å². The lowest BCUT2D eigenvalue weighted by Gasteiger charge is -2.28. The number of anilines is 1. The second-order valence-corrected chi connectivity index (χ2v) is 8.13. The average Bonchev–Trinajstić information content (AvgIpc) is 3.32. The second-order valence-electron chi connectivity index (χ2n) is 8.13. The van der Waals surface area contributed by atoms with Crippen LogP contribution in [0.1, 0.15) is 24.0 Å². The predicted molar refractivity (Wildman–Crippen MR) is 121 cm³/mol. The molecule has 2 aliphatic rings. The molecule has 2 aromatic heterocycles. The summed E-state index contributed by atoms with van der Waals surface area (Å²) < 4.78 is 26.2. The van der Waals surface area contributed by atoms with Gasteiger partial charge in [0.25, 0.3) is 0 Å². The number of ether oxygens (including phenoxy) is 2. The van der Waals surface area contributed by atoms with Crippen LogP contribution in [0.2, 0.25) is 0 Å². The number of nitrogens with one attached hydrogen (secondary N) is 2. The van der Waals surface area contributed by atoms with E-state index in [1.165, 1.54) is 6.07 Å². The number of rotatable bonds is 3. The van der Waals surface area contributed by atoms with Crippen molar-refractivity contribution in [3.05, 3.63) is 65.4 Å². The van der Waals surface area contributed by atoms with Gasteiger partial charge in [0.05, 0.1) is 31.6 Å². The van der Waals surface area contributed by atoms with E-state index in [1.807, 2.05) is 18.2 Å². The summed E-state index contributed by atoms with van der Waals surface area (Å²) in [5.41, 5.74) is 11.9. The van der Waals surface area contributed by atoms with Crippen molar-refractivity contribution in [1.29, 1.82) is 0 Å². The molecule has 32 heavy (non-hydrogen) atoms. The molecule has 0 aliphatic carbocycles. The summed E-state index contributed by atoms with van der Waals surface area (Å²) in [4.78, 5) is 4.62. The second kappa shape index (κ2) is 7.49. The molecule has 7 nitrogen and oxygen atoms in total. The molecule has 2 aliphatic heterocycles. The molecule has 162 valence electrons. The fourth-order valence-electron chi connectivity index (χ4n) is 4.65. The van der Waals surface area contributed by atoms with Crippen molar-refractivity contribution in [1.82, 2.24) is 15.2 Å². The molecule has 2 aromatic carbocycles. The maximum atomic E-state index is 14.3. The highest BCUT2D eigenvalue weighted by Gasteiger charge is 2.26. The van der Waals surface area contributed by atoms with Crippen molar-refractivity contribution >= 4 is 33.1 Å². The predicted octanol–water partition coefficient (Wildman–Crippen LogP) is 3.95. The summed E-state index contributed by atoms with van der Waals surface area (Å²) in [6, 6.07) is 9.15. The Morgan fingerprint density at radius 2 is 2.00 bits per heavy atom. The Labute approximate surface area is 183 Å². The largest absolute Gasteiger partial charge is 0.488 e. The molecule has 1 fully saturated rings. The molecule has 4 aromatic rings. The molecule has 0 saturated carbocycles. The van der Waals surface area contributed by atoms with Crippen LogP contribution >= 0.6 is 0 Å². The highest BCUT2D eigenvalue weighted by molar-refractivity contribution is 6.07. The van der Waals surface area contributed by atoms with Crippen molar-refractivity contribution in [2.24, 2.45) is 5.73 Å². The maximum Gasteiger partial charge on any atom is 0.148 e. The first-order valence-corrected chi connectivity index (χ1v) is 10.7. The van der Waals surface area contributed by atoms with Crippen molar-refractivity contribution in [2.45, 2.75) is 18.9 Å². The Morgan fingerprint density at radius 3 is 2.88 bits per heavy atom. The number of hydrogen-bond donors (Lipinski definition) is 3. The zero-order valence-corrected chi connectivity index (χ0v) is 17.3. The summed E-state index contributed by atoms with van der Waals surface area (Å²) in [6.45, 7) is 1.85. The summed E-state index contributed by atoms with van der Waals surface area (Å²) in [6.07, 6.45) is 5.15. The van der Waals surface area contributed by atoms with Crippen molar-refractivity contribution in [3.63, 3.8) is 0 Å². The van der Waals surface area contributed by atoms with E-state index in [-0.39, 0.29) is 11.9 Å². The van der Waals surface area contributed by atoms with Gasteiger partial charge in [-0.2, -0.15) is 5.10 Å². The van der Waals surface area contributed by atoms with E-state index in [9.17, 15) is 4.39 Å². The quantitative estimate of drug-likeness (QED) is 0.454. The van der Waals surface area contributed by atoms with Crippen LogP contribution in [-0.4, -0.2) is 41.0 Å². The lowest BCUT2D eigenvalue weighted by molar-refractivity contribution is 0.0261. The molecule has 0 unspecified atom stereocenters. The van der Waals surface area contributed by atoms with Gasteiger partial charge in [-0.1, -0.05) is 6.07 Å². The van der Waals surface area contributed by atoms with Crippen LogP contribution < -0.4 is 15.8 Å². The van der Waals surface area contributed by atoms with E-state index < -0.39 is 0 Å². The number of pyridine rings is 1. The highest BCUT2D eigenvalue weighted by Crippen LogP contribution is 2.44. The molecule has 1 saturated heterocycles. The minimum Gasteiger partial charge on any atom is -0.488 e. The van der Waals surface area contributed by atoms with Gasteiger partial charge >= 0.3 is 0 Å². The monoisotopic (exact) mass is 431 g/mol. The maximum absolute atomic E-state index is 14.3. The molecule has 6 rings (SSSR count). The van der Waals surface area contributed by atoms with E-state index in [0.717, 1.165) is 46.1 Å². The first-order chi connectivity index (χ1) is 15.7. The average molecular weight is 431 g/mol. The van der Waals surface area contributed by atoms with Gasteiger partial charge in [-0.15, -0.1) is 0 Å². The number of nitrogens with zero attached hydrogens (tertiary/aromatic N) is 2. The molecule has 8 heteroatoms. The highest BCUT2D eigenvalue weighted by atomic mass is 19.1. The normalized spacial score (nSPS) is 16.9. The number of H-pyrrole nitrogens is 1. The Kier molecular flexibility index (Phi) is 4.46. The van der Waals surface area contributed by atoms with Crippen LogP contribution in [0.5, 0.6) is 5.75 Å². The third-order valence-corrected chi connectivity index (χ3v) is 6.20. The smallest absolute Gasteiger partial charge is 0.148 e. The zero-order valence-electron chi connectivity index (χ0n) is 17.3. The SMILES string of the molecule is NC1=C(c2ccc(F)c3[nH]ncc23)c2cc(OC3CCOCC3)c3ncccc3c2NC1. The molecular formula is C24H22FN5O2. The minimum absolute atomic E-state index is 0.0692. The summed E-state index contributed by atoms with van der Waals surface area (Å²) >= 11 is 0. The van der Waals surface area contributed by atoms with E-state index in [1.54, 1.807) is 18.5 Å². The van der Waals surface area contributed by atoms with E-state index in [4.69, 9.17) is 15.2 Å². The van der Waals surface area contributed by atoms with Gasteiger partial charge in [-0.05, 0) is 29.8 Å². The Balaban J connectivity index is 1.57. The molecular weight excluding hydrogens is 409 g/mol. The fraction of sp³-hybridized carbons (Fsp3) is 0.250. The van der Waals surface area contributed by atoms with Crippen molar-refractivity contribution in [2.75, 3.05) is 25.1 Å². The van der Waals surface area contributed by atoms with Gasteiger partial charge in [0.2, 0.25) is 0 Å². The van der Waals surface area contributed by atoms with Gasteiger partial charge in [0.1, 0.15) is 28.7 Å². The number of aromatic nitrogens is 3. The molecule has 0 atom stereocenters. The molecule has 4 N–H and O–H groups in total. The first kappa shape index (κ1) is 19.1. The fourth-order valence-corrected chi connectivity index (χ4v) is 4.65. The van der Waals surface area contributed by atoms with Crippen molar-refractivity contribution < 1.29 is 13.9 Å². The van der Waals surface area contributed by atoms with Gasteiger partial charge in [-0.3, -0.25) is 10.1 Å². The first-order valence-electron chi connectivity index (χ1n) is 10.7.